The molecule has 0 heterocycles. The second-order valence-corrected chi connectivity index (χ2v) is 4.98. The molecule has 0 fully saturated rings. The first-order valence-corrected chi connectivity index (χ1v) is 7.17. The monoisotopic (exact) mass is 321 g/mol. The van der Waals surface area contributed by atoms with Gasteiger partial charge in [0, 0.05) is 6.54 Å². The van der Waals surface area contributed by atoms with Crippen molar-refractivity contribution < 1.29 is 23.4 Å². The van der Waals surface area contributed by atoms with Crippen LogP contribution in [0.1, 0.15) is 12.0 Å². The molecule has 6 heteroatoms. The lowest BCUT2D eigenvalue weighted by atomic mass is 10.1. The molecular weight excluding hydrogens is 304 g/mol. The molecule has 0 saturated heterocycles. The van der Waals surface area contributed by atoms with Gasteiger partial charge in [0.1, 0.15) is 11.5 Å². The summed E-state index contributed by atoms with van der Waals surface area (Å²) in [6, 6.07) is 9.83. The average molecular weight is 321 g/mol. The maximum Gasteiger partial charge on any atom is 0.257 e. The van der Waals surface area contributed by atoms with Gasteiger partial charge < -0.3 is 15.2 Å². The van der Waals surface area contributed by atoms with Gasteiger partial charge >= 0.3 is 0 Å². The number of nitrogens with one attached hydrogen (secondary N) is 1. The number of carbonyl (C=O) groups excluding carboxylic acids is 1. The van der Waals surface area contributed by atoms with Crippen molar-refractivity contribution in [3.8, 4) is 11.5 Å². The molecule has 0 bridgehead atoms. The van der Waals surface area contributed by atoms with Crippen molar-refractivity contribution in [2.24, 2.45) is 0 Å². The highest BCUT2D eigenvalue weighted by Crippen LogP contribution is 2.15. The normalized spacial score (nSPS) is 10.3. The summed E-state index contributed by atoms with van der Waals surface area (Å²) < 4.78 is 31.1. The summed E-state index contributed by atoms with van der Waals surface area (Å²) in [5, 5.41) is 11.8. The molecule has 0 spiro atoms. The fourth-order valence-corrected chi connectivity index (χ4v) is 1.96. The number of phenolic OH excluding ortho intramolecular Hbond substituents is 1. The van der Waals surface area contributed by atoms with Gasteiger partial charge in [-0.05, 0) is 54.8 Å². The van der Waals surface area contributed by atoms with Crippen molar-refractivity contribution in [1.82, 2.24) is 5.32 Å². The lowest BCUT2D eigenvalue weighted by Crippen LogP contribution is -2.29. The minimum atomic E-state index is -0.867. The lowest BCUT2D eigenvalue weighted by Gasteiger charge is -2.08. The molecule has 2 aromatic rings. The van der Waals surface area contributed by atoms with Crippen molar-refractivity contribution in [2.45, 2.75) is 12.8 Å². The van der Waals surface area contributed by atoms with E-state index in [-0.39, 0.29) is 18.3 Å². The van der Waals surface area contributed by atoms with Crippen LogP contribution in [0.4, 0.5) is 8.78 Å². The summed E-state index contributed by atoms with van der Waals surface area (Å²) in [4.78, 5) is 11.6. The number of hydrogen-bond acceptors (Lipinski definition) is 3. The lowest BCUT2D eigenvalue weighted by molar-refractivity contribution is -0.123. The zero-order valence-corrected chi connectivity index (χ0v) is 12.4. The van der Waals surface area contributed by atoms with E-state index in [9.17, 15) is 13.6 Å². The molecule has 122 valence electrons. The summed E-state index contributed by atoms with van der Waals surface area (Å²) >= 11 is 0. The van der Waals surface area contributed by atoms with E-state index in [0.29, 0.717) is 30.7 Å². The molecule has 2 N–H and O–H groups in total. The molecule has 0 atom stereocenters. The van der Waals surface area contributed by atoms with Crippen molar-refractivity contribution in [1.29, 1.82) is 0 Å². The SMILES string of the molecule is O=C(COc1ccc(O)cc1)NCCCc1ccc(F)c(F)c1. The van der Waals surface area contributed by atoms with E-state index in [2.05, 4.69) is 5.32 Å². The van der Waals surface area contributed by atoms with Crippen molar-refractivity contribution in [2.75, 3.05) is 13.2 Å². The van der Waals surface area contributed by atoms with Gasteiger partial charge in [0.15, 0.2) is 18.2 Å². The number of amides is 1. The number of aryl methyl sites for hydroxylation is 1. The molecule has 0 aliphatic carbocycles. The van der Waals surface area contributed by atoms with Crippen LogP contribution >= 0.6 is 0 Å². The number of hydrogen-bond donors (Lipinski definition) is 2. The maximum atomic E-state index is 13.0. The third-order valence-electron chi connectivity index (χ3n) is 3.16. The van der Waals surface area contributed by atoms with Crippen molar-refractivity contribution >= 4 is 5.91 Å². The van der Waals surface area contributed by atoms with Crippen LogP contribution < -0.4 is 10.1 Å². The van der Waals surface area contributed by atoms with Crippen LogP contribution in [-0.4, -0.2) is 24.2 Å². The van der Waals surface area contributed by atoms with Gasteiger partial charge in [-0.2, -0.15) is 0 Å². The molecule has 0 aromatic heterocycles. The predicted octanol–water partition coefficient (Wildman–Crippen LogP) is 2.80. The van der Waals surface area contributed by atoms with E-state index in [4.69, 9.17) is 9.84 Å². The van der Waals surface area contributed by atoms with Crippen molar-refractivity contribution in [3.05, 3.63) is 59.7 Å². The number of rotatable bonds is 7. The molecule has 0 aliphatic rings. The molecule has 4 nitrogen and oxygen atoms in total. The van der Waals surface area contributed by atoms with Gasteiger partial charge in [0.2, 0.25) is 0 Å². The zero-order valence-electron chi connectivity index (χ0n) is 12.4. The van der Waals surface area contributed by atoms with Crippen LogP contribution in [0, 0.1) is 11.6 Å². The van der Waals surface area contributed by atoms with Crippen LogP contribution in [0.5, 0.6) is 11.5 Å². The Balaban J connectivity index is 1.64. The second-order valence-electron chi connectivity index (χ2n) is 4.98. The Labute approximate surface area is 132 Å². The standard InChI is InChI=1S/C17H17F2NO3/c18-15-8-3-12(10-16(15)19)2-1-9-20-17(22)11-23-14-6-4-13(21)5-7-14/h3-8,10,21H,1-2,9,11H2,(H,20,22). The number of ether oxygens (including phenoxy) is 1. The molecule has 23 heavy (non-hydrogen) atoms. The van der Waals surface area contributed by atoms with E-state index >= 15 is 0 Å². The van der Waals surface area contributed by atoms with Crippen LogP contribution in [0.25, 0.3) is 0 Å². The Morgan fingerprint density at radius 3 is 2.52 bits per heavy atom. The van der Waals surface area contributed by atoms with E-state index < -0.39 is 11.6 Å². The summed E-state index contributed by atoms with van der Waals surface area (Å²) in [6.07, 6.45) is 1.15. The van der Waals surface area contributed by atoms with Crippen LogP contribution in [-0.2, 0) is 11.2 Å². The van der Waals surface area contributed by atoms with Gasteiger partial charge in [-0.1, -0.05) is 6.07 Å². The highest BCUT2D eigenvalue weighted by atomic mass is 19.2. The molecule has 2 rings (SSSR count). The molecular formula is C17H17F2NO3. The van der Waals surface area contributed by atoms with Crippen LogP contribution in [0.3, 0.4) is 0 Å². The molecule has 0 saturated carbocycles. The quantitative estimate of drug-likeness (QED) is 0.771. The van der Waals surface area contributed by atoms with E-state index in [1.54, 1.807) is 12.1 Å². The Morgan fingerprint density at radius 1 is 1.09 bits per heavy atom. The number of carbonyl (C=O) groups is 1. The fraction of sp³-hybridized carbons (Fsp3) is 0.235. The zero-order chi connectivity index (χ0) is 16.7. The first-order chi connectivity index (χ1) is 11.0. The number of phenols is 1. The maximum absolute atomic E-state index is 13.0. The van der Waals surface area contributed by atoms with E-state index in [0.717, 1.165) is 12.1 Å². The van der Waals surface area contributed by atoms with Gasteiger partial charge in [-0.3, -0.25) is 4.79 Å². The average Bonchev–Trinajstić information content (AvgIpc) is 2.54. The first kappa shape index (κ1) is 16.7. The highest BCUT2D eigenvalue weighted by molar-refractivity contribution is 5.77. The summed E-state index contributed by atoms with van der Waals surface area (Å²) in [7, 11) is 0. The molecule has 2 aromatic carbocycles. The Morgan fingerprint density at radius 2 is 1.83 bits per heavy atom. The minimum Gasteiger partial charge on any atom is -0.508 e. The Kier molecular flexibility index (Phi) is 5.91. The number of benzene rings is 2. The van der Waals surface area contributed by atoms with E-state index in [1.807, 2.05) is 0 Å². The fourth-order valence-electron chi connectivity index (χ4n) is 1.96. The van der Waals surface area contributed by atoms with Crippen molar-refractivity contribution in [3.63, 3.8) is 0 Å². The van der Waals surface area contributed by atoms with Crippen LogP contribution in [0.15, 0.2) is 42.5 Å². The second kappa shape index (κ2) is 8.12. The van der Waals surface area contributed by atoms with Gasteiger partial charge in [0.25, 0.3) is 5.91 Å². The smallest absolute Gasteiger partial charge is 0.257 e. The number of halogens is 2. The summed E-state index contributed by atoms with van der Waals surface area (Å²) in [5.41, 5.74) is 0.679. The predicted molar refractivity (Wildman–Crippen MR) is 81.3 cm³/mol. The Bertz CT molecular complexity index is 659. The molecule has 0 unspecified atom stereocenters. The molecule has 1 amide bonds. The Hall–Kier alpha value is -2.63. The summed E-state index contributed by atoms with van der Waals surface area (Å²) in [5.74, 6) is -1.40. The third kappa shape index (κ3) is 5.58. The van der Waals surface area contributed by atoms with Gasteiger partial charge in [-0.25, -0.2) is 8.78 Å². The number of aromatic hydroxyl groups is 1. The minimum absolute atomic E-state index is 0.124. The summed E-state index contributed by atoms with van der Waals surface area (Å²) in [6.45, 7) is 0.284. The molecule has 0 aliphatic heterocycles. The highest BCUT2D eigenvalue weighted by Gasteiger charge is 2.04. The first-order valence-electron chi connectivity index (χ1n) is 7.17. The third-order valence-corrected chi connectivity index (χ3v) is 3.16. The van der Waals surface area contributed by atoms with Gasteiger partial charge in [0.05, 0.1) is 0 Å². The van der Waals surface area contributed by atoms with E-state index in [1.165, 1.54) is 18.2 Å². The largest absolute Gasteiger partial charge is 0.508 e. The topological polar surface area (TPSA) is 58.6 Å². The van der Waals surface area contributed by atoms with Crippen LogP contribution in [0.2, 0.25) is 0 Å². The van der Waals surface area contributed by atoms with Gasteiger partial charge in [-0.15, -0.1) is 0 Å². The molecule has 0 radical (unpaired) electrons.